The molecule has 152 valence electrons. The molecular weight excluding hydrogens is 404 g/mol. The van der Waals surface area contributed by atoms with Gasteiger partial charge in [-0.05, 0) is 49.4 Å². The van der Waals surface area contributed by atoms with Gasteiger partial charge in [0.15, 0.2) is 11.9 Å². The van der Waals surface area contributed by atoms with Gasteiger partial charge >= 0.3 is 0 Å². The van der Waals surface area contributed by atoms with Crippen molar-refractivity contribution in [2.75, 3.05) is 10.6 Å². The van der Waals surface area contributed by atoms with Crippen LogP contribution in [-0.2, 0) is 9.59 Å². The van der Waals surface area contributed by atoms with Crippen LogP contribution in [0.4, 0.5) is 11.4 Å². The van der Waals surface area contributed by atoms with Crippen molar-refractivity contribution >= 4 is 34.8 Å². The number of amides is 2. The van der Waals surface area contributed by atoms with Crippen molar-refractivity contribution in [1.29, 1.82) is 0 Å². The van der Waals surface area contributed by atoms with E-state index in [4.69, 9.17) is 21.1 Å². The van der Waals surface area contributed by atoms with Gasteiger partial charge in [-0.15, -0.1) is 0 Å². The number of anilines is 2. The molecule has 1 heterocycles. The summed E-state index contributed by atoms with van der Waals surface area (Å²) in [6.45, 7) is 1.99. The average Bonchev–Trinajstić information content (AvgIpc) is 2.72. The highest BCUT2D eigenvalue weighted by Crippen LogP contribution is 2.33. The predicted octanol–water partition coefficient (Wildman–Crippen LogP) is 5.17. The third-order valence-corrected chi connectivity index (χ3v) is 4.78. The van der Waals surface area contributed by atoms with E-state index in [9.17, 15) is 9.59 Å². The molecule has 3 aromatic rings. The zero-order chi connectivity index (χ0) is 21.1. The van der Waals surface area contributed by atoms with Crippen LogP contribution < -0.4 is 20.1 Å². The van der Waals surface area contributed by atoms with E-state index < -0.39 is 12.0 Å². The number of carbonyl (C=O) groups is 2. The Hall–Kier alpha value is -3.51. The van der Waals surface area contributed by atoms with E-state index >= 15 is 0 Å². The molecule has 1 aliphatic rings. The number of carbonyl (C=O) groups excluding carboxylic acids is 2. The third-order valence-electron chi connectivity index (χ3n) is 4.54. The second kappa shape index (κ2) is 8.47. The summed E-state index contributed by atoms with van der Waals surface area (Å²) in [7, 11) is 0. The number of hydrogen-bond acceptors (Lipinski definition) is 4. The lowest BCUT2D eigenvalue weighted by Crippen LogP contribution is -2.39. The molecule has 7 heteroatoms. The standard InChI is InChI=1S/C23H19ClN2O4/c1-14-6-9-16(10-7-14)29-20-11-8-15(24)12-18(20)25-22(27)13-21-23(28)26-17-4-2-3-5-19(17)30-21/h2-12,21H,13H2,1H3,(H,25,27)(H,26,28)/t21-/m0/s1. The predicted molar refractivity (Wildman–Crippen MR) is 115 cm³/mol. The number of benzene rings is 3. The molecule has 0 saturated carbocycles. The van der Waals surface area contributed by atoms with Gasteiger partial charge in [-0.3, -0.25) is 9.59 Å². The van der Waals surface area contributed by atoms with Crippen molar-refractivity contribution in [3.63, 3.8) is 0 Å². The summed E-state index contributed by atoms with van der Waals surface area (Å²) in [5.74, 6) is 0.832. The van der Waals surface area contributed by atoms with E-state index in [0.29, 0.717) is 33.6 Å². The Morgan fingerprint density at radius 1 is 1.13 bits per heavy atom. The quantitative estimate of drug-likeness (QED) is 0.594. The van der Waals surface area contributed by atoms with Gasteiger partial charge in [-0.2, -0.15) is 0 Å². The van der Waals surface area contributed by atoms with Crippen molar-refractivity contribution in [3.8, 4) is 17.2 Å². The average molecular weight is 423 g/mol. The van der Waals surface area contributed by atoms with E-state index in [1.807, 2.05) is 31.2 Å². The second-order valence-corrected chi connectivity index (χ2v) is 7.34. The largest absolute Gasteiger partial charge is 0.478 e. The maximum absolute atomic E-state index is 12.6. The van der Waals surface area contributed by atoms with Crippen LogP contribution >= 0.6 is 11.6 Å². The van der Waals surface area contributed by atoms with Crippen LogP contribution in [0.25, 0.3) is 0 Å². The van der Waals surface area contributed by atoms with Crippen molar-refractivity contribution in [2.24, 2.45) is 0 Å². The Morgan fingerprint density at radius 2 is 1.90 bits per heavy atom. The maximum atomic E-state index is 12.6. The number of hydrogen-bond donors (Lipinski definition) is 2. The Bertz CT molecular complexity index is 1100. The fourth-order valence-corrected chi connectivity index (χ4v) is 3.19. The molecule has 30 heavy (non-hydrogen) atoms. The summed E-state index contributed by atoms with van der Waals surface area (Å²) in [4.78, 5) is 24.9. The lowest BCUT2D eigenvalue weighted by atomic mass is 10.1. The summed E-state index contributed by atoms with van der Waals surface area (Å²) in [6, 6.07) is 19.6. The number of ether oxygens (including phenoxy) is 2. The molecular formula is C23H19ClN2O4. The molecule has 1 aliphatic heterocycles. The monoisotopic (exact) mass is 422 g/mol. The van der Waals surface area contributed by atoms with Crippen LogP contribution in [0.2, 0.25) is 5.02 Å². The molecule has 1 atom stereocenters. The van der Waals surface area contributed by atoms with Gasteiger partial charge in [0.05, 0.1) is 17.8 Å². The minimum absolute atomic E-state index is 0.156. The van der Waals surface area contributed by atoms with Gasteiger partial charge in [-0.1, -0.05) is 41.4 Å². The van der Waals surface area contributed by atoms with Crippen LogP contribution in [0.1, 0.15) is 12.0 Å². The van der Waals surface area contributed by atoms with Crippen LogP contribution in [0.3, 0.4) is 0 Å². The van der Waals surface area contributed by atoms with Crippen LogP contribution in [0.5, 0.6) is 17.2 Å². The molecule has 0 aromatic heterocycles. The minimum atomic E-state index is -0.930. The van der Waals surface area contributed by atoms with Gasteiger partial charge < -0.3 is 20.1 Å². The maximum Gasteiger partial charge on any atom is 0.266 e. The lowest BCUT2D eigenvalue weighted by molar-refractivity contribution is -0.128. The Kier molecular flexibility index (Phi) is 5.59. The minimum Gasteiger partial charge on any atom is -0.478 e. The smallest absolute Gasteiger partial charge is 0.266 e. The van der Waals surface area contributed by atoms with Crippen LogP contribution in [-0.4, -0.2) is 17.9 Å². The van der Waals surface area contributed by atoms with Crippen LogP contribution in [0.15, 0.2) is 66.7 Å². The highest BCUT2D eigenvalue weighted by molar-refractivity contribution is 6.31. The molecule has 6 nitrogen and oxygen atoms in total. The number of fused-ring (bicyclic) bond motifs is 1. The molecule has 0 bridgehead atoms. The molecule has 2 N–H and O–H groups in total. The normalized spacial score (nSPS) is 14.9. The van der Waals surface area contributed by atoms with E-state index in [1.165, 1.54) is 0 Å². The molecule has 3 aromatic carbocycles. The van der Waals surface area contributed by atoms with Gasteiger partial charge in [-0.25, -0.2) is 0 Å². The number of nitrogens with one attached hydrogen (secondary N) is 2. The summed E-state index contributed by atoms with van der Waals surface area (Å²) < 4.78 is 11.6. The Balaban J connectivity index is 1.47. The SMILES string of the molecule is Cc1ccc(Oc2ccc(Cl)cc2NC(=O)C[C@@H]2Oc3ccccc3NC2=O)cc1. The number of aryl methyl sites for hydroxylation is 1. The van der Waals surface area contributed by atoms with Gasteiger partial charge in [0.25, 0.3) is 5.91 Å². The molecule has 0 fully saturated rings. The summed E-state index contributed by atoms with van der Waals surface area (Å²) in [5, 5.41) is 5.96. The fraction of sp³-hybridized carbons (Fsp3) is 0.130. The topological polar surface area (TPSA) is 76.7 Å². The van der Waals surface area contributed by atoms with Crippen molar-refractivity contribution < 1.29 is 19.1 Å². The number of halogens is 1. The third kappa shape index (κ3) is 4.55. The van der Waals surface area contributed by atoms with Gasteiger partial charge in [0.2, 0.25) is 5.91 Å². The highest BCUT2D eigenvalue weighted by Gasteiger charge is 2.29. The van der Waals surface area contributed by atoms with E-state index in [0.717, 1.165) is 5.56 Å². The first-order chi connectivity index (χ1) is 14.5. The van der Waals surface area contributed by atoms with E-state index in [2.05, 4.69) is 10.6 Å². The first-order valence-corrected chi connectivity index (χ1v) is 9.76. The first-order valence-electron chi connectivity index (χ1n) is 9.38. The zero-order valence-electron chi connectivity index (χ0n) is 16.1. The Labute approximate surface area is 178 Å². The van der Waals surface area contributed by atoms with Gasteiger partial charge in [0, 0.05) is 5.02 Å². The molecule has 4 rings (SSSR count). The molecule has 0 aliphatic carbocycles. The summed E-state index contributed by atoms with van der Waals surface area (Å²) >= 11 is 6.10. The molecule has 0 spiro atoms. The molecule has 0 radical (unpaired) electrons. The fourth-order valence-electron chi connectivity index (χ4n) is 3.02. The molecule has 0 saturated heterocycles. The number of para-hydroxylation sites is 2. The number of rotatable bonds is 5. The first kappa shape index (κ1) is 19.8. The van der Waals surface area contributed by atoms with Crippen molar-refractivity contribution in [2.45, 2.75) is 19.4 Å². The van der Waals surface area contributed by atoms with Crippen molar-refractivity contribution in [3.05, 3.63) is 77.3 Å². The summed E-state index contributed by atoms with van der Waals surface area (Å²) in [6.07, 6.45) is -1.09. The van der Waals surface area contributed by atoms with E-state index in [1.54, 1.807) is 42.5 Å². The summed E-state index contributed by atoms with van der Waals surface area (Å²) in [5.41, 5.74) is 2.10. The van der Waals surface area contributed by atoms with Crippen LogP contribution in [0, 0.1) is 6.92 Å². The highest BCUT2D eigenvalue weighted by atomic mass is 35.5. The van der Waals surface area contributed by atoms with Gasteiger partial charge in [0.1, 0.15) is 11.5 Å². The van der Waals surface area contributed by atoms with Crippen molar-refractivity contribution in [1.82, 2.24) is 0 Å². The Morgan fingerprint density at radius 3 is 2.70 bits per heavy atom. The second-order valence-electron chi connectivity index (χ2n) is 6.90. The molecule has 2 amide bonds. The lowest BCUT2D eigenvalue weighted by Gasteiger charge is -2.25. The zero-order valence-corrected chi connectivity index (χ0v) is 16.9. The van der Waals surface area contributed by atoms with E-state index in [-0.39, 0.29) is 12.3 Å². The molecule has 0 unspecified atom stereocenters.